The van der Waals surface area contributed by atoms with Gasteiger partial charge in [-0.15, -0.1) is 0 Å². The number of aryl methyl sites for hydroxylation is 2. The number of hydrogen-bond acceptors (Lipinski definition) is 4. The Morgan fingerprint density at radius 3 is 2.62 bits per heavy atom. The molecule has 0 saturated carbocycles. The molecule has 2 aromatic rings. The number of rotatable bonds is 4. The number of nitrogens with zero attached hydrogens (tertiary/aromatic N) is 2. The molecule has 26 heavy (non-hydrogen) atoms. The molecule has 136 valence electrons. The van der Waals surface area contributed by atoms with Crippen molar-refractivity contribution in [2.75, 3.05) is 38.0 Å². The topological polar surface area (TPSA) is 65.8 Å². The molecule has 6 heteroatoms. The number of anilines is 1. The van der Waals surface area contributed by atoms with Crippen molar-refractivity contribution in [3.05, 3.63) is 53.5 Å². The first-order chi connectivity index (χ1) is 12.7. The van der Waals surface area contributed by atoms with E-state index in [0.29, 0.717) is 38.5 Å². The van der Waals surface area contributed by atoms with E-state index in [-0.39, 0.29) is 11.8 Å². The lowest BCUT2D eigenvalue weighted by Gasteiger charge is -2.33. The maximum Gasteiger partial charge on any atom is 0.289 e. The zero-order valence-electron chi connectivity index (χ0n) is 14.7. The van der Waals surface area contributed by atoms with E-state index in [4.69, 9.17) is 4.42 Å². The van der Waals surface area contributed by atoms with Crippen LogP contribution in [0.3, 0.4) is 0 Å². The summed E-state index contributed by atoms with van der Waals surface area (Å²) in [6, 6.07) is 9.60. The molecule has 0 spiro atoms. The molecule has 6 nitrogen and oxygen atoms in total. The lowest BCUT2D eigenvalue weighted by atomic mass is 10.1. The van der Waals surface area contributed by atoms with E-state index in [1.807, 2.05) is 6.07 Å². The fourth-order valence-corrected chi connectivity index (χ4v) is 3.72. The molecule has 1 aliphatic heterocycles. The molecule has 1 N–H and O–H groups in total. The first kappa shape index (κ1) is 16.8. The second-order valence-corrected chi connectivity index (χ2v) is 6.93. The Bertz CT molecular complexity index is 793. The molecule has 1 fully saturated rings. The average molecular weight is 353 g/mol. The minimum atomic E-state index is -0.0859. The van der Waals surface area contributed by atoms with Gasteiger partial charge in [0.2, 0.25) is 5.91 Å². The predicted octanol–water partition coefficient (Wildman–Crippen LogP) is 2.16. The molecule has 1 aromatic heterocycles. The summed E-state index contributed by atoms with van der Waals surface area (Å²) in [5.41, 5.74) is 3.63. The number of piperazine rings is 1. The lowest BCUT2D eigenvalue weighted by molar-refractivity contribution is -0.117. The number of nitrogens with one attached hydrogen (secondary N) is 1. The van der Waals surface area contributed by atoms with Crippen LogP contribution in [0.4, 0.5) is 5.69 Å². The van der Waals surface area contributed by atoms with Gasteiger partial charge in [0.1, 0.15) is 0 Å². The van der Waals surface area contributed by atoms with Crippen LogP contribution in [0, 0.1) is 0 Å². The van der Waals surface area contributed by atoms with Crippen molar-refractivity contribution in [1.29, 1.82) is 0 Å². The van der Waals surface area contributed by atoms with E-state index >= 15 is 0 Å². The van der Waals surface area contributed by atoms with Crippen molar-refractivity contribution < 1.29 is 14.0 Å². The number of benzene rings is 1. The van der Waals surface area contributed by atoms with Gasteiger partial charge in [0.15, 0.2) is 5.76 Å². The van der Waals surface area contributed by atoms with Gasteiger partial charge in [-0.1, -0.05) is 6.07 Å². The summed E-state index contributed by atoms with van der Waals surface area (Å²) in [6.45, 7) is 2.92. The third-order valence-electron chi connectivity index (χ3n) is 5.14. The highest BCUT2D eigenvalue weighted by molar-refractivity contribution is 5.93. The van der Waals surface area contributed by atoms with Gasteiger partial charge in [-0.3, -0.25) is 14.5 Å². The van der Waals surface area contributed by atoms with Crippen LogP contribution in [0.2, 0.25) is 0 Å². The molecule has 0 bridgehead atoms. The summed E-state index contributed by atoms with van der Waals surface area (Å²) in [7, 11) is 0. The smallest absolute Gasteiger partial charge is 0.289 e. The zero-order valence-corrected chi connectivity index (χ0v) is 14.7. The predicted molar refractivity (Wildman–Crippen MR) is 98.1 cm³/mol. The van der Waals surface area contributed by atoms with Crippen LogP contribution < -0.4 is 5.32 Å². The Morgan fingerprint density at radius 1 is 1.04 bits per heavy atom. The molecule has 2 aliphatic rings. The maximum atomic E-state index is 12.3. The summed E-state index contributed by atoms with van der Waals surface area (Å²) in [5.74, 6) is 0.277. The Hall–Kier alpha value is -2.60. The van der Waals surface area contributed by atoms with Crippen LogP contribution in [-0.4, -0.2) is 54.3 Å². The molecule has 0 atom stereocenters. The number of carbonyl (C=O) groups excluding carboxylic acids is 2. The van der Waals surface area contributed by atoms with Crippen LogP contribution in [0.1, 0.15) is 28.1 Å². The van der Waals surface area contributed by atoms with Gasteiger partial charge in [-0.25, -0.2) is 0 Å². The fraction of sp³-hybridized carbons (Fsp3) is 0.400. The molecular formula is C20H23N3O3. The molecule has 0 radical (unpaired) electrons. The largest absolute Gasteiger partial charge is 0.459 e. The second-order valence-electron chi connectivity index (χ2n) is 6.93. The molecule has 2 heterocycles. The van der Waals surface area contributed by atoms with Gasteiger partial charge in [-0.05, 0) is 54.7 Å². The van der Waals surface area contributed by atoms with Gasteiger partial charge in [0.25, 0.3) is 5.91 Å². The number of fused-ring (bicyclic) bond motifs is 1. The van der Waals surface area contributed by atoms with E-state index < -0.39 is 0 Å². The normalized spacial score (nSPS) is 17.2. The summed E-state index contributed by atoms with van der Waals surface area (Å²) in [5, 5.41) is 3.00. The Morgan fingerprint density at radius 2 is 1.85 bits per heavy atom. The van der Waals surface area contributed by atoms with Crippen LogP contribution in [0.15, 0.2) is 41.0 Å². The molecule has 1 aromatic carbocycles. The Labute approximate surface area is 152 Å². The van der Waals surface area contributed by atoms with Gasteiger partial charge >= 0.3 is 0 Å². The number of carbonyl (C=O) groups is 2. The van der Waals surface area contributed by atoms with Gasteiger partial charge in [-0.2, -0.15) is 0 Å². The van der Waals surface area contributed by atoms with Crippen molar-refractivity contribution in [3.8, 4) is 0 Å². The second kappa shape index (κ2) is 7.33. The van der Waals surface area contributed by atoms with E-state index in [1.165, 1.54) is 23.8 Å². The maximum absolute atomic E-state index is 12.3. The first-order valence-corrected chi connectivity index (χ1v) is 9.16. The van der Waals surface area contributed by atoms with Crippen LogP contribution in [-0.2, 0) is 17.6 Å². The van der Waals surface area contributed by atoms with E-state index in [9.17, 15) is 9.59 Å². The summed E-state index contributed by atoms with van der Waals surface area (Å²) in [6.07, 6.45) is 4.95. The molecule has 1 saturated heterocycles. The number of hydrogen-bond donors (Lipinski definition) is 1. The lowest BCUT2D eigenvalue weighted by Crippen LogP contribution is -2.50. The highest BCUT2D eigenvalue weighted by Crippen LogP contribution is 2.24. The Balaban J connectivity index is 1.26. The average Bonchev–Trinajstić information content (AvgIpc) is 3.33. The van der Waals surface area contributed by atoms with Crippen LogP contribution >= 0.6 is 0 Å². The third-order valence-corrected chi connectivity index (χ3v) is 5.14. The molecule has 2 amide bonds. The van der Waals surface area contributed by atoms with Crippen molar-refractivity contribution in [2.45, 2.75) is 19.3 Å². The standard InChI is InChI=1S/C20H23N3O3/c24-19(21-17-7-6-15-3-1-4-16(15)13-17)14-22-8-10-23(11-9-22)20(25)18-5-2-12-26-18/h2,5-7,12-13H,1,3-4,8-11,14H2,(H,21,24). The van der Waals surface area contributed by atoms with E-state index in [0.717, 1.165) is 18.5 Å². The fourth-order valence-electron chi connectivity index (χ4n) is 3.72. The van der Waals surface area contributed by atoms with Crippen LogP contribution in [0.5, 0.6) is 0 Å². The minimum absolute atomic E-state index is 0.00578. The van der Waals surface area contributed by atoms with Gasteiger partial charge in [0, 0.05) is 31.9 Å². The van der Waals surface area contributed by atoms with Crippen molar-refractivity contribution >= 4 is 17.5 Å². The number of furan rings is 1. The first-order valence-electron chi connectivity index (χ1n) is 9.16. The third kappa shape index (κ3) is 3.65. The quantitative estimate of drug-likeness (QED) is 0.915. The summed E-state index contributed by atoms with van der Waals surface area (Å²) >= 11 is 0. The van der Waals surface area contributed by atoms with E-state index in [2.05, 4.69) is 22.3 Å². The van der Waals surface area contributed by atoms with Crippen molar-refractivity contribution in [1.82, 2.24) is 9.80 Å². The van der Waals surface area contributed by atoms with Crippen molar-refractivity contribution in [2.24, 2.45) is 0 Å². The van der Waals surface area contributed by atoms with Crippen LogP contribution in [0.25, 0.3) is 0 Å². The molecule has 0 unspecified atom stereocenters. The molecule has 1 aliphatic carbocycles. The van der Waals surface area contributed by atoms with Gasteiger partial charge < -0.3 is 14.6 Å². The molecule has 4 rings (SSSR count). The summed E-state index contributed by atoms with van der Waals surface area (Å²) < 4.78 is 5.17. The van der Waals surface area contributed by atoms with Crippen molar-refractivity contribution in [3.63, 3.8) is 0 Å². The monoisotopic (exact) mass is 353 g/mol. The summed E-state index contributed by atoms with van der Waals surface area (Å²) in [4.78, 5) is 28.4. The highest BCUT2D eigenvalue weighted by atomic mass is 16.3. The van der Waals surface area contributed by atoms with Gasteiger partial charge in [0.05, 0.1) is 12.8 Å². The number of amides is 2. The SMILES string of the molecule is O=C(CN1CCN(C(=O)c2ccco2)CC1)Nc1ccc2c(c1)CCC2. The zero-order chi connectivity index (χ0) is 17.9. The highest BCUT2D eigenvalue weighted by Gasteiger charge is 2.24. The van der Waals surface area contributed by atoms with E-state index in [1.54, 1.807) is 17.0 Å². The molecular weight excluding hydrogens is 330 g/mol. The Kier molecular flexibility index (Phi) is 4.75. The minimum Gasteiger partial charge on any atom is -0.459 e.